The quantitative estimate of drug-likeness (QED) is 0.782. The zero-order valence-electron chi connectivity index (χ0n) is 9.78. The fourth-order valence-corrected chi connectivity index (χ4v) is 1.47. The zero-order valence-corrected chi connectivity index (χ0v) is 12.1. The van der Waals surface area contributed by atoms with Crippen molar-refractivity contribution in [2.45, 2.75) is 13.8 Å². The molecule has 1 aromatic heterocycles. The van der Waals surface area contributed by atoms with Crippen LogP contribution in [0.15, 0.2) is 24.3 Å². The normalized spacial score (nSPS) is 9.61. The largest absolute Gasteiger partial charge is 0.506 e. The molecule has 2 aromatic rings. The van der Waals surface area contributed by atoms with E-state index in [2.05, 4.69) is 10.2 Å². The topological polar surface area (TPSA) is 46.0 Å². The van der Waals surface area contributed by atoms with Crippen LogP contribution in [0.5, 0.6) is 5.75 Å². The molecule has 1 N–H and O–H groups in total. The van der Waals surface area contributed by atoms with Gasteiger partial charge in [-0.25, -0.2) is 0 Å². The molecule has 0 aliphatic heterocycles. The van der Waals surface area contributed by atoms with Gasteiger partial charge in [-0.2, -0.15) is 0 Å². The van der Waals surface area contributed by atoms with Crippen LogP contribution < -0.4 is 0 Å². The maximum absolute atomic E-state index is 9.26. The molecule has 0 saturated heterocycles. The summed E-state index contributed by atoms with van der Waals surface area (Å²) in [7, 11) is 0. The molecule has 0 amide bonds. The number of aromatic hydroxyl groups is 1. The van der Waals surface area contributed by atoms with Crippen LogP contribution in [0.4, 0.5) is 0 Å². The number of halogens is 3. The highest BCUT2D eigenvalue weighted by atomic mass is 35.5. The number of benzene rings is 1. The van der Waals surface area contributed by atoms with E-state index in [9.17, 15) is 5.11 Å². The first-order chi connectivity index (χ1) is 8.41. The molecule has 3 nitrogen and oxygen atoms in total. The number of phenols is 1. The van der Waals surface area contributed by atoms with Crippen LogP contribution in [-0.4, -0.2) is 15.3 Å². The van der Waals surface area contributed by atoms with Crippen molar-refractivity contribution in [3.8, 4) is 5.75 Å². The maximum atomic E-state index is 9.26. The van der Waals surface area contributed by atoms with Gasteiger partial charge in [-0.1, -0.05) is 40.9 Å². The van der Waals surface area contributed by atoms with Crippen molar-refractivity contribution in [2.75, 3.05) is 0 Å². The third-order valence-electron chi connectivity index (χ3n) is 2.25. The second kappa shape index (κ2) is 6.78. The van der Waals surface area contributed by atoms with E-state index in [1.54, 1.807) is 18.2 Å². The van der Waals surface area contributed by atoms with Crippen LogP contribution in [-0.2, 0) is 0 Å². The first kappa shape index (κ1) is 15.0. The van der Waals surface area contributed by atoms with E-state index in [0.717, 1.165) is 11.1 Å². The molecule has 1 heterocycles. The molecule has 96 valence electrons. The van der Waals surface area contributed by atoms with Crippen LogP contribution >= 0.6 is 34.8 Å². The highest BCUT2D eigenvalue weighted by Crippen LogP contribution is 2.28. The number of hydrogen-bond acceptors (Lipinski definition) is 3. The highest BCUT2D eigenvalue weighted by molar-refractivity contribution is 6.32. The fourth-order valence-electron chi connectivity index (χ4n) is 1.07. The van der Waals surface area contributed by atoms with Gasteiger partial charge in [-0.05, 0) is 43.2 Å². The van der Waals surface area contributed by atoms with Crippen LogP contribution in [0.3, 0.4) is 0 Å². The predicted octanol–water partition coefficient (Wildman–Crippen LogP) is 4.45. The average Bonchev–Trinajstić information content (AvgIpc) is 2.36. The van der Waals surface area contributed by atoms with Gasteiger partial charge in [-0.3, -0.25) is 0 Å². The second-order valence-corrected chi connectivity index (χ2v) is 4.70. The van der Waals surface area contributed by atoms with Gasteiger partial charge in [-0.15, -0.1) is 10.2 Å². The van der Waals surface area contributed by atoms with Crippen molar-refractivity contribution in [2.24, 2.45) is 0 Å². The standard InChI is InChI=1S/C8H9ClO.C4H2Cl2N2/c1-5-3-4-7(9)8(10)6(5)2;5-3-1-2-4(6)8-7-3/h3-4,10H,1-2H3;1-2H. The maximum Gasteiger partial charge on any atom is 0.151 e. The van der Waals surface area contributed by atoms with Crippen LogP contribution in [0.25, 0.3) is 0 Å². The molecule has 1 aromatic carbocycles. The molecule has 6 heteroatoms. The first-order valence-electron chi connectivity index (χ1n) is 5.01. The van der Waals surface area contributed by atoms with Gasteiger partial charge in [0.05, 0.1) is 5.02 Å². The summed E-state index contributed by atoms with van der Waals surface area (Å²) in [5, 5.41) is 17.3. The van der Waals surface area contributed by atoms with Gasteiger partial charge >= 0.3 is 0 Å². The van der Waals surface area contributed by atoms with E-state index >= 15 is 0 Å². The van der Waals surface area contributed by atoms with Crippen molar-refractivity contribution in [3.05, 3.63) is 50.7 Å². The summed E-state index contributed by atoms with van der Waals surface area (Å²) in [6, 6.07) is 6.74. The fraction of sp³-hybridized carbons (Fsp3) is 0.167. The Morgan fingerprint density at radius 2 is 1.39 bits per heavy atom. The zero-order chi connectivity index (χ0) is 13.7. The lowest BCUT2D eigenvalue weighted by molar-refractivity contribution is 0.471. The van der Waals surface area contributed by atoms with Crippen LogP contribution in [0.1, 0.15) is 11.1 Å². The highest BCUT2D eigenvalue weighted by Gasteiger charge is 2.02. The SMILES string of the molecule is Cc1ccc(Cl)c(O)c1C.Clc1ccc(Cl)nn1. The molecule has 0 saturated carbocycles. The van der Waals surface area contributed by atoms with E-state index < -0.39 is 0 Å². The van der Waals surface area contributed by atoms with Gasteiger partial charge in [0.15, 0.2) is 10.3 Å². The summed E-state index contributed by atoms with van der Waals surface area (Å²) in [4.78, 5) is 0. The van der Waals surface area contributed by atoms with E-state index in [0.29, 0.717) is 15.3 Å². The van der Waals surface area contributed by atoms with Crippen LogP contribution in [0.2, 0.25) is 15.3 Å². The summed E-state index contributed by atoms with van der Waals surface area (Å²) in [6.07, 6.45) is 0. The minimum absolute atomic E-state index is 0.196. The van der Waals surface area contributed by atoms with E-state index in [1.165, 1.54) is 0 Å². The lowest BCUT2D eigenvalue weighted by Crippen LogP contribution is -1.80. The summed E-state index contributed by atoms with van der Waals surface area (Å²) in [6.45, 7) is 3.78. The Morgan fingerprint density at radius 1 is 0.889 bits per heavy atom. The molecule has 0 aliphatic carbocycles. The number of aryl methyl sites for hydroxylation is 1. The van der Waals surface area contributed by atoms with E-state index in [4.69, 9.17) is 34.8 Å². The molecule has 0 atom stereocenters. The van der Waals surface area contributed by atoms with Gasteiger partial charge in [0.25, 0.3) is 0 Å². The molecule has 0 unspecified atom stereocenters. The monoisotopic (exact) mass is 304 g/mol. The number of rotatable bonds is 0. The third-order valence-corrected chi connectivity index (χ3v) is 2.96. The predicted molar refractivity (Wildman–Crippen MR) is 74.6 cm³/mol. The Balaban J connectivity index is 0.000000184. The summed E-state index contributed by atoms with van der Waals surface area (Å²) < 4.78 is 0. The molecular weight excluding hydrogens is 295 g/mol. The lowest BCUT2D eigenvalue weighted by atomic mass is 10.1. The molecular formula is C12H11Cl3N2O. The summed E-state index contributed by atoms with van der Waals surface area (Å²) >= 11 is 16.4. The first-order valence-corrected chi connectivity index (χ1v) is 6.14. The van der Waals surface area contributed by atoms with E-state index in [1.807, 2.05) is 19.9 Å². The minimum atomic E-state index is 0.196. The molecule has 0 radical (unpaired) electrons. The molecule has 0 aliphatic rings. The van der Waals surface area contributed by atoms with Crippen molar-refractivity contribution in [1.82, 2.24) is 10.2 Å². The molecule has 0 fully saturated rings. The summed E-state index contributed by atoms with van der Waals surface area (Å²) in [5.74, 6) is 0.196. The van der Waals surface area contributed by atoms with Gasteiger partial charge in [0.2, 0.25) is 0 Å². The van der Waals surface area contributed by atoms with Crippen molar-refractivity contribution < 1.29 is 5.11 Å². The molecule has 18 heavy (non-hydrogen) atoms. The molecule has 2 rings (SSSR count). The van der Waals surface area contributed by atoms with Crippen molar-refractivity contribution >= 4 is 34.8 Å². The smallest absolute Gasteiger partial charge is 0.151 e. The Bertz CT molecular complexity index is 482. The Hall–Kier alpha value is -1.03. The van der Waals surface area contributed by atoms with Gasteiger partial charge < -0.3 is 5.11 Å². The number of hydrogen-bond donors (Lipinski definition) is 1. The van der Waals surface area contributed by atoms with Gasteiger partial charge in [0, 0.05) is 0 Å². The average molecular weight is 306 g/mol. The minimum Gasteiger partial charge on any atom is -0.506 e. The lowest BCUT2D eigenvalue weighted by Gasteiger charge is -2.02. The Kier molecular flexibility index (Phi) is 5.66. The molecule has 0 spiro atoms. The van der Waals surface area contributed by atoms with Crippen molar-refractivity contribution in [1.29, 1.82) is 0 Å². The van der Waals surface area contributed by atoms with Gasteiger partial charge in [0.1, 0.15) is 5.75 Å². The Labute approximate surface area is 120 Å². The molecule has 0 bridgehead atoms. The number of phenolic OH excluding ortho intramolecular Hbond substituents is 1. The summed E-state index contributed by atoms with van der Waals surface area (Å²) in [5.41, 5.74) is 1.91. The third kappa shape index (κ3) is 4.33. The van der Waals surface area contributed by atoms with Crippen LogP contribution in [0, 0.1) is 13.8 Å². The Morgan fingerprint density at radius 3 is 1.78 bits per heavy atom. The van der Waals surface area contributed by atoms with Crippen molar-refractivity contribution in [3.63, 3.8) is 0 Å². The van der Waals surface area contributed by atoms with E-state index in [-0.39, 0.29) is 5.75 Å². The second-order valence-electron chi connectivity index (χ2n) is 3.52. The number of aromatic nitrogens is 2. The number of nitrogens with zero attached hydrogens (tertiary/aromatic N) is 2.